The van der Waals surface area contributed by atoms with E-state index in [0.717, 1.165) is 4.57 Å². The summed E-state index contributed by atoms with van der Waals surface area (Å²) in [7, 11) is 0. The number of aliphatic hydroxyl groups excluding tert-OH is 2. The zero-order valence-corrected chi connectivity index (χ0v) is 23.2. The highest BCUT2D eigenvalue weighted by atomic mass is 32.2. The molecule has 0 aromatic carbocycles. The van der Waals surface area contributed by atoms with E-state index < -0.39 is 60.0 Å². The number of anilines is 1. The molecule has 2 aromatic heterocycles. The fourth-order valence-corrected chi connectivity index (χ4v) is 4.49. The molecule has 19 heteroatoms. The maximum Gasteiger partial charge on any atom is 0.351 e. The van der Waals surface area contributed by atoms with E-state index in [4.69, 9.17) is 41.4 Å². The van der Waals surface area contributed by atoms with Gasteiger partial charge in [0.05, 0.1) is 13.2 Å². The second kappa shape index (κ2) is 16.1. The van der Waals surface area contributed by atoms with Crippen molar-refractivity contribution in [3.8, 4) is 0 Å². The molecule has 234 valence electrons. The van der Waals surface area contributed by atoms with Crippen LogP contribution in [0.2, 0.25) is 0 Å². The smallest absolute Gasteiger partial charge is 0.351 e. The number of ether oxygens (including phenoxy) is 2. The van der Waals surface area contributed by atoms with Crippen molar-refractivity contribution < 1.29 is 43.9 Å². The summed E-state index contributed by atoms with van der Waals surface area (Å²) < 4.78 is 26.5. The quantitative estimate of drug-likeness (QED) is 0.170. The molecule has 6 atom stereocenters. The number of nitrogens with two attached hydrogens (primary N) is 2. The molecule has 1 unspecified atom stereocenters. The van der Waals surface area contributed by atoms with E-state index in [-0.39, 0.29) is 43.4 Å². The Kier molecular flexibility index (Phi) is 13.3. The standard InChI is InChI=1S/C10H13FN2O4.C8H11N3O3S.C5H9NO4/c1-5-3-13(10(16)12-9(5)15)8-2-6(11)7(4-14)17-8;9-5-1-2-11(8(13)10-5)6-4-15-7(3-12)14-6;6-3(5(9)10)1-2-4(7)8/h3,6-8,14H,2,4H2,1H3,(H,12,15,16);1-2,6-7,12H,3-4H2,(H2,9,10,13);3H,1-2,6H2,(H,7,8)(H,9,10)/t6-,7+,8+;6-,7+;/m00./s1. The summed E-state index contributed by atoms with van der Waals surface area (Å²) in [6.07, 6.45) is -0.746. The number of rotatable bonds is 8. The van der Waals surface area contributed by atoms with Crippen molar-refractivity contribution in [1.82, 2.24) is 19.1 Å². The van der Waals surface area contributed by atoms with Crippen LogP contribution in [-0.2, 0) is 19.1 Å². The predicted octanol–water partition coefficient (Wildman–Crippen LogP) is -1.87. The summed E-state index contributed by atoms with van der Waals surface area (Å²) in [5.41, 5.74) is 8.90. The number of aliphatic hydroxyl groups is 2. The Bertz CT molecular complexity index is 1390. The van der Waals surface area contributed by atoms with Crippen molar-refractivity contribution in [3.05, 3.63) is 55.3 Å². The van der Waals surface area contributed by atoms with E-state index in [0.29, 0.717) is 11.3 Å². The molecule has 0 spiro atoms. The lowest BCUT2D eigenvalue weighted by atomic mass is 10.2. The van der Waals surface area contributed by atoms with Gasteiger partial charge in [-0.05, 0) is 19.4 Å². The molecular weight excluding hydrogens is 587 g/mol. The van der Waals surface area contributed by atoms with Crippen LogP contribution in [0.4, 0.5) is 10.2 Å². The van der Waals surface area contributed by atoms with Crippen molar-refractivity contribution in [2.75, 3.05) is 24.7 Å². The predicted molar refractivity (Wildman–Crippen MR) is 145 cm³/mol. The number of thioether (sulfide) groups is 1. The minimum absolute atomic E-state index is 0.0172. The number of alkyl halides is 1. The van der Waals surface area contributed by atoms with Gasteiger partial charge in [0.2, 0.25) is 0 Å². The summed E-state index contributed by atoms with van der Waals surface area (Å²) >= 11 is 1.47. The maximum atomic E-state index is 13.4. The van der Waals surface area contributed by atoms with Gasteiger partial charge in [-0.3, -0.25) is 28.5 Å². The van der Waals surface area contributed by atoms with Gasteiger partial charge in [0, 0.05) is 36.6 Å². The second-order valence-corrected chi connectivity index (χ2v) is 10.2. The summed E-state index contributed by atoms with van der Waals surface area (Å²) in [5, 5.41) is 34.0. The van der Waals surface area contributed by atoms with Gasteiger partial charge in [0.15, 0.2) is 0 Å². The number of nitrogen functional groups attached to an aromatic ring is 1. The first-order valence-corrected chi connectivity index (χ1v) is 13.5. The van der Waals surface area contributed by atoms with Gasteiger partial charge in [-0.25, -0.2) is 14.0 Å². The van der Waals surface area contributed by atoms with Crippen LogP contribution in [0, 0.1) is 6.92 Å². The van der Waals surface area contributed by atoms with Crippen molar-refractivity contribution in [2.45, 2.75) is 62.4 Å². The first kappa shape index (κ1) is 34.6. The van der Waals surface area contributed by atoms with Crippen molar-refractivity contribution in [2.24, 2.45) is 5.73 Å². The molecule has 0 amide bonds. The van der Waals surface area contributed by atoms with Crippen molar-refractivity contribution >= 4 is 29.5 Å². The molecule has 2 aliphatic rings. The monoisotopic (exact) mass is 620 g/mol. The van der Waals surface area contributed by atoms with Crippen LogP contribution in [0.3, 0.4) is 0 Å². The first-order chi connectivity index (χ1) is 19.8. The first-order valence-electron chi connectivity index (χ1n) is 12.4. The highest BCUT2D eigenvalue weighted by Crippen LogP contribution is 2.30. The van der Waals surface area contributed by atoms with Crippen LogP contribution in [-0.4, -0.2) is 94.2 Å². The second-order valence-electron chi connectivity index (χ2n) is 9.00. The number of carbonyl (C=O) groups is 2. The van der Waals surface area contributed by atoms with E-state index in [9.17, 15) is 28.4 Å². The summed E-state index contributed by atoms with van der Waals surface area (Å²) in [6.45, 7) is 1.05. The van der Waals surface area contributed by atoms with Gasteiger partial charge < -0.3 is 41.4 Å². The number of nitrogens with one attached hydrogen (secondary N) is 1. The SMILES string of the molecule is Cc1cn([C@H]2C[C@H](F)[C@@H](CO)O2)c(=O)[nH]c1=O.NC(CCC(=O)O)C(=O)O.Nc1ccn([C@@H]2CS[C@H](CO)O2)c(=O)n1. The fourth-order valence-electron chi connectivity index (χ4n) is 3.56. The maximum absolute atomic E-state index is 13.4. The number of nitrogens with zero attached hydrogens (tertiary/aromatic N) is 3. The van der Waals surface area contributed by atoms with Crippen molar-refractivity contribution in [3.63, 3.8) is 0 Å². The molecule has 0 aliphatic carbocycles. The number of hydrogen-bond donors (Lipinski definition) is 7. The lowest BCUT2D eigenvalue weighted by Gasteiger charge is -2.14. The summed E-state index contributed by atoms with van der Waals surface area (Å²) in [5.74, 6) is -1.38. The molecule has 2 aliphatic heterocycles. The zero-order valence-electron chi connectivity index (χ0n) is 22.4. The number of aryl methyl sites for hydroxylation is 1. The molecule has 2 saturated heterocycles. The molecule has 17 nitrogen and oxygen atoms in total. The minimum Gasteiger partial charge on any atom is -0.481 e. The van der Waals surface area contributed by atoms with Gasteiger partial charge in [-0.2, -0.15) is 4.98 Å². The molecule has 0 bridgehead atoms. The molecule has 0 radical (unpaired) electrons. The average molecular weight is 621 g/mol. The number of aliphatic carboxylic acids is 2. The molecule has 42 heavy (non-hydrogen) atoms. The Balaban J connectivity index is 0.000000228. The number of H-pyrrole nitrogens is 1. The van der Waals surface area contributed by atoms with Crippen LogP contribution in [0.1, 0.15) is 37.3 Å². The van der Waals surface area contributed by atoms with Gasteiger partial charge >= 0.3 is 23.3 Å². The number of carboxylic acid groups (broad SMARTS) is 2. The third kappa shape index (κ3) is 10.0. The molecule has 2 fully saturated rings. The minimum atomic E-state index is -1.32. The Morgan fingerprint density at radius 2 is 1.88 bits per heavy atom. The average Bonchev–Trinajstić information content (AvgIpc) is 3.56. The number of halogens is 1. The molecule has 4 rings (SSSR count). The van der Waals surface area contributed by atoms with E-state index in [2.05, 4.69) is 9.97 Å². The largest absolute Gasteiger partial charge is 0.481 e. The lowest BCUT2D eigenvalue weighted by molar-refractivity contribution is -0.139. The molecule has 4 heterocycles. The summed E-state index contributed by atoms with van der Waals surface area (Å²) in [6, 6.07) is 0.484. The van der Waals surface area contributed by atoms with Gasteiger partial charge in [-0.15, -0.1) is 11.8 Å². The number of carboxylic acids is 2. The number of aromatic nitrogens is 4. The zero-order chi connectivity index (χ0) is 31.6. The number of hydrogen-bond acceptors (Lipinski definition) is 13. The third-order valence-corrected chi connectivity index (χ3v) is 6.94. The van der Waals surface area contributed by atoms with Crippen molar-refractivity contribution in [1.29, 1.82) is 0 Å². The Morgan fingerprint density at radius 1 is 1.19 bits per heavy atom. The van der Waals surface area contributed by atoms with Crippen LogP contribution in [0.5, 0.6) is 0 Å². The molecular formula is C23H33FN6O11S. The molecule has 9 N–H and O–H groups in total. The third-order valence-electron chi connectivity index (χ3n) is 5.83. The van der Waals surface area contributed by atoms with Crippen LogP contribution in [0.15, 0.2) is 32.8 Å². The number of aromatic amines is 1. The Hall–Kier alpha value is -3.62. The van der Waals surface area contributed by atoms with E-state index in [1.165, 1.54) is 22.5 Å². The lowest BCUT2D eigenvalue weighted by Crippen LogP contribution is -2.33. The Labute approximate surface area is 240 Å². The molecule has 0 saturated carbocycles. The van der Waals surface area contributed by atoms with Crippen LogP contribution in [0.25, 0.3) is 0 Å². The van der Waals surface area contributed by atoms with Crippen LogP contribution < -0.4 is 28.4 Å². The van der Waals surface area contributed by atoms with Gasteiger partial charge in [0.25, 0.3) is 5.56 Å². The van der Waals surface area contributed by atoms with Gasteiger partial charge in [0.1, 0.15) is 42.0 Å². The van der Waals surface area contributed by atoms with E-state index in [1.54, 1.807) is 19.2 Å². The van der Waals surface area contributed by atoms with E-state index in [1.807, 2.05) is 0 Å². The fraction of sp³-hybridized carbons (Fsp3) is 0.565. The van der Waals surface area contributed by atoms with E-state index >= 15 is 0 Å². The Morgan fingerprint density at radius 3 is 2.40 bits per heavy atom. The van der Waals surface area contributed by atoms with Gasteiger partial charge in [-0.1, -0.05) is 0 Å². The highest BCUT2D eigenvalue weighted by molar-refractivity contribution is 8.00. The topological polar surface area (TPSA) is 275 Å². The van der Waals surface area contributed by atoms with Crippen LogP contribution >= 0.6 is 11.8 Å². The summed E-state index contributed by atoms with van der Waals surface area (Å²) in [4.78, 5) is 59.7. The normalized spacial score (nSPS) is 23.7. The molecule has 2 aromatic rings. The highest BCUT2D eigenvalue weighted by Gasteiger charge is 2.36.